The summed E-state index contributed by atoms with van der Waals surface area (Å²) < 4.78 is 41.9. The lowest BCUT2D eigenvalue weighted by molar-refractivity contribution is -0.138. The Balaban J connectivity index is 1.98. The molecule has 0 unspecified atom stereocenters. The van der Waals surface area contributed by atoms with E-state index in [0.29, 0.717) is 5.56 Å². The molecule has 2 N–H and O–H groups in total. The summed E-state index contributed by atoms with van der Waals surface area (Å²) in [5, 5.41) is 11.8. The van der Waals surface area contributed by atoms with Crippen LogP contribution in [0.15, 0.2) is 23.0 Å². The standard InChI is InChI=1S/C14H10F3N3OS/c15-14(16,17)11-5-8(3-4-9(11)7-1-2-7)19-13-10(6-18)12(21)20-22-13/h3-5,7,19H,1-2H2,(H,20,21). The van der Waals surface area contributed by atoms with Gasteiger partial charge in [0.15, 0.2) is 5.56 Å². The molecule has 1 fully saturated rings. The fourth-order valence-corrected chi connectivity index (χ4v) is 2.96. The monoisotopic (exact) mass is 325 g/mol. The van der Waals surface area contributed by atoms with Crippen LogP contribution in [0.25, 0.3) is 0 Å². The fraction of sp³-hybridized carbons (Fsp3) is 0.286. The Bertz CT molecular complexity index is 812. The zero-order chi connectivity index (χ0) is 15.9. The molecule has 114 valence electrons. The van der Waals surface area contributed by atoms with E-state index in [1.165, 1.54) is 12.1 Å². The topological polar surface area (TPSA) is 68.7 Å². The molecule has 2 aromatic rings. The first-order valence-corrected chi connectivity index (χ1v) is 7.31. The molecule has 4 nitrogen and oxygen atoms in total. The molecular formula is C14H10F3N3OS. The number of anilines is 2. The third-order valence-corrected chi connectivity index (χ3v) is 4.24. The van der Waals surface area contributed by atoms with Crippen molar-refractivity contribution < 1.29 is 13.2 Å². The van der Waals surface area contributed by atoms with Gasteiger partial charge >= 0.3 is 6.18 Å². The summed E-state index contributed by atoms with van der Waals surface area (Å²) in [5.74, 6) is -0.0244. The Kier molecular flexibility index (Phi) is 3.45. The largest absolute Gasteiger partial charge is 0.416 e. The fourth-order valence-electron chi connectivity index (χ4n) is 2.25. The first-order chi connectivity index (χ1) is 10.4. The maximum atomic E-state index is 13.2. The summed E-state index contributed by atoms with van der Waals surface area (Å²) in [4.78, 5) is 11.4. The molecule has 1 aliphatic rings. The summed E-state index contributed by atoms with van der Waals surface area (Å²) in [7, 11) is 0. The van der Waals surface area contributed by atoms with Crippen LogP contribution in [0.2, 0.25) is 0 Å². The van der Waals surface area contributed by atoms with E-state index in [0.717, 1.165) is 30.4 Å². The maximum absolute atomic E-state index is 13.2. The van der Waals surface area contributed by atoms with Crippen LogP contribution in [-0.2, 0) is 6.18 Å². The first-order valence-electron chi connectivity index (χ1n) is 6.50. The summed E-state index contributed by atoms with van der Waals surface area (Å²) >= 11 is 0.879. The van der Waals surface area contributed by atoms with Crippen molar-refractivity contribution in [3.05, 3.63) is 45.2 Å². The molecular weight excluding hydrogens is 315 g/mol. The molecule has 0 atom stereocenters. The molecule has 1 aliphatic carbocycles. The molecule has 0 saturated heterocycles. The van der Waals surface area contributed by atoms with Crippen LogP contribution >= 0.6 is 11.5 Å². The lowest BCUT2D eigenvalue weighted by atomic mass is 10.0. The van der Waals surface area contributed by atoms with Crippen molar-refractivity contribution in [2.45, 2.75) is 24.9 Å². The van der Waals surface area contributed by atoms with Crippen LogP contribution in [-0.4, -0.2) is 4.37 Å². The van der Waals surface area contributed by atoms with Gasteiger partial charge in [-0.15, -0.1) is 0 Å². The summed E-state index contributed by atoms with van der Waals surface area (Å²) in [6.07, 6.45) is -2.89. The summed E-state index contributed by atoms with van der Waals surface area (Å²) in [6.45, 7) is 0. The van der Waals surface area contributed by atoms with Gasteiger partial charge in [-0.25, -0.2) is 0 Å². The van der Waals surface area contributed by atoms with Gasteiger partial charge in [-0.2, -0.15) is 18.4 Å². The highest BCUT2D eigenvalue weighted by Crippen LogP contribution is 2.46. The Morgan fingerprint density at radius 3 is 2.68 bits per heavy atom. The second-order valence-corrected chi connectivity index (χ2v) is 5.86. The van der Waals surface area contributed by atoms with Crippen molar-refractivity contribution in [3.8, 4) is 6.07 Å². The smallest absolute Gasteiger partial charge is 0.345 e. The SMILES string of the molecule is N#Cc1c(Nc2ccc(C3CC3)c(C(F)(F)F)c2)s[nH]c1=O. The predicted octanol–water partition coefficient (Wildman–Crippen LogP) is 3.95. The zero-order valence-electron chi connectivity index (χ0n) is 11.1. The quantitative estimate of drug-likeness (QED) is 0.898. The van der Waals surface area contributed by atoms with Crippen LogP contribution < -0.4 is 10.9 Å². The van der Waals surface area contributed by atoms with Crippen molar-refractivity contribution in [2.75, 3.05) is 5.32 Å². The van der Waals surface area contributed by atoms with E-state index in [1.807, 2.05) is 0 Å². The number of alkyl halides is 3. The van der Waals surface area contributed by atoms with Gasteiger partial charge in [-0.3, -0.25) is 9.17 Å². The van der Waals surface area contributed by atoms with Crippen molar-refractivity contribution in [3.63, 3.8) is 0 Å². The van der Waals surface area contributed by atoms with Gasteiger partial charge in [-0.1, -0.05) is 6.07 Å². The van der Waals surface area contributed by atoms with Gasteiger partial charge in [0.1, 0.15) is 11.1 Å². The average Bonchev–Trinajstić information content (AvgIpc) is 3.23. The minimum Gasteiger partial charge on any atom is -0.345 e. The van der Waals surface area contributed by atoms with Crippen LogP contribution in [0.1, 0.15) is 35.4 Å². The zero-order valence-corrected chi connectivity index (χ0v) is 11.9. The number of nitriles is 1. The van der Waals surface area contributed by atoms with E-state index in [9.17, 15) is 18.0 Å². The van der Waals surface area contributed by atoms with E-state index in [2.05, 4.69) is 9.69 Å². The van der Waals surface area contributed by atoms with E-state index in [1.54, 1.807) is 6.07 Å². The molecule has 0 radical (unpaired) electrons. The molecule has 0 bridgehead atoms. The molecule has 8 heteroatoms. The maximum Gasteiger partial charge on any atom is 0.416 e. The number of halogens is 3. The van der Waals surface area contributed by atoms with E-state index < -0.39 is 17.3 Å². The molecule has 1 heterocycles. The second-order valence-electron chi connectivity index (χ2n) is 5.05. The predicted molar refractivity (Wildman–Crippen MR) is 76.4 cm³/mol. The molecule has 1 saturated carbocycles. The number of benzene rings is 1. The van der Waals surface area contributed by atoms with Gasteiger partial charge < -0.3 is 5.32 Å². The van der Waals surface area contributed by atoms with E-state index in [4.69, 9.17) is 5.26 Å². The number of rotatable bonds is 3. The molecule has 0 spiro atoms. The van der Waals surface area contributed by atoms with Crippen LogP contribution in [0.4, 0.5) is 23.9 Å². The van der Waals surface area contributed by atoms with Crippen LogP contribution in [0.5, 0.6) is 0 Å². The Morgan fingerprint density at radius 1 is 1.36 bits per heavy atom. The van der Waals surface area contributed by atoms with Crippen LogP contribution in [0.3, 0.4) is 0 Å². The number of hydrogen-bond acceptors (Lipinski definition) is 4. The molecule has 0 aliphatic heterocycles. The molecule has 0 amide bonds. The third-order valence-electron chi connectivity index (χ3n) is 3.45. The van der Waals surface area contributed by atoms with Gasteiger partial charge in [-0.05, 0) is 48.0 Å². The van der Waals surface area contributed by atoms with Gasteiger partial charge in [0.05, 0.1) is 5.56 Å². The number of hydrogen-bond donors (Lipinski definition) is 2. The van der Waals surface area contributed by atoms with E-state index >= 15 is 0 Å². The van der Waals surface area contributed by atoms with Crippen LogP contribution in [0, 0.1) is 11.3 Å². The lowest BCUT2D eigenvalue weighted by Crippen LogP contribution is -2.09. The van der Waals surface area contributed by atoms with Crippen molar-refractivity contribution in [2.24, 2.45) is 0 Å². The Hall–Kier alpha value is -2.27. The third kappa shape index (κ3) is 2.72. The minimum atomic E-state index is -4.43. The summed E-state index contributed by atoms with van der Waals surface area (Å²) in [6, 6.07) is 5.76. The second kappa shape index (κ2) is 5.18. The lowest BCUT2D eigenvalue weighted by Gasteiger charge is -2.14. The number of nitrogens with zero attached hydrogens (tertiary/aromatic N) is 1. The number of H-pyrrole nitrogens is 1. The Labute approximate surface area is 127 Å². The minimum absolute atomic E-state index is 0.0244. The highest BCUT2D eigenvalue weighted by molar-refractivity contribution is 7.10. The molecule has 22 heavy (non-hydrogen) atoms. The Morgan fingerprint density at radius 2 is 2.09 bits per heavy atom. The van der Waals surface area contributed by atoms with Gasteiger partial charge in [0.25, 0.3) is 5.56 Å². The number of aromatic amines is 1. The van der Waals surface area contributed by atoms with E-state index in [-0.39, 0.29) is 22.2 Å². The number of aromatic nitrogens is 1. The molecule has 1 aromatic carbocycles. The molecule has 3 rings (SSSR count). The van der Waals surface area contributed by atoms with Gasteiger partial charge in [0, 0.05) is 5.69 Å². The molecule has 1 aromatic heterocycles. The number of nitrogens with one attached hydrogen (secondary N) is 2. The van der Waals surface area contributed by atoms with Crippen molar-refractivity contribution >= 4 is 22.2 Å². The first kappa shape index (κ1) is 14.7. The van der Waals surface area contributed by atoms with Gasteiger partial charge in [0.2, 0.25) is 0 Å². The van der Waals surface area contributed by atoms with Crippen molar-refractivity contribution in [1.29, 1.82) is 5.26 Å². The highest BCUT2D eigenvalue weighted by atomic mass is 32.1. The van der Waals surface area contributed by atoms with Crippen molar-refractivity contribution in [1.82, 2.24) is 4.37 Å². The normalized spacial score (nSPS) is 14.6. The average molecular weight is 325 g/mol. The summed E-state index contributed by atoms with van der Waals surface area (Å²) in [5.41, 5.74) is -0.851. The highest BCUT2D eigenvalue weighted by Gasteiger charge is 2.38.